The predicted molar refractivity (Wildman–Crippen MR) is 82.4 cm³/mol. The van der Waals surface area contributed by atoms with Gasteiger partial charge in [-0.25, -0.2) is 0 Å². The lowest BCUT2D eigenvalue weighted by atomic mass is 9.96. The molecule has 3 atom stereocenters. The highest BCUT2D eigenvalue weighted by atomic mass is 32.2. The third-order valence-electron chi connectivity index (χ3n) is 4.54. The van der Waals surface area contributed by atoms with Gasteiger partial charge in [-0.1, -0.05) is 13.8 Å². The first kappa shape index (κ1) is 14.7. The van der Waals surface area contributed by atoms with Crippen molar-refractivity contribution in [1.82, 2.24) is 10.2 Å². The van der Waals surface area contributed by atoms with E-state index in [1.54, 1.807) is 0 Å². The Morgan fingerprint density at radius 2 is 1.94 bits per heavy atom. The van der Waals surface area contributed by atoms with Crippen molar-refractivity contribution in [1.29, 1.82) is 0 Å². The van der Waals surface area contributed by atoms with Crippen molar-refractivity contribution < 1.29 is 0 Å². The third kappa shape index (κ3) is 3.64. The molecule has 0 aromatic carbocycles. The maximum absolute atomic E-state index is 3.74. The molecule has 2 heterocycles. The van der Waals surface area contributed by atoms with E-state index < -0.39 is 0 Å². The largest absolute Gasteiger partial charge is 0.314 e. The Bertz CT molecular complexity index is 233. The summed E-state index contributed by atoms with van der Waals surface area (Å²) in [6.07, 6.45) is 9.17. The Kier molecular flexibility index (Phi) is 5.84. The summed E-state index contributed by atoms with van der Waals surface area (Å²) >= 11 is 1.99. The Hall–Kier alpha value is 0.270. The molecular formula is C15H30N2S. The molecule has 0 radical (unpaired) electrons. The summed E-state index contributed by atoms with van der Waals surface area (Å²) in [5.41, 5.74) is 0. The second-order valence-corrected chi connectivity index (χ2v) is 7.18. The summed E-state index contributed by atoms with van der Waals surface area (Å²) in [6.45, 7) is 7.21. The van der Waals surface area contributed by atoms with Gasteiger partial charge in [-0.3, -0.25) is 4.90 Å². The molecule has 2 bridgehead atoms. The summed E-state index contributed by atoms with van der Waals surface area (Å²) in [5, 5.41) is 3.74. The fourth-order valence-corrected chi connectivity index (χ4v) is 4.46. The molecule has 0 aliphatic carbocycles. The Labute approximate surface area is 117 Å². The van der Waals surface area contributed by atoms with E-state index in [4.69, 9.17) is 0 Å². The lowest BCUT2D eigenvalue weighted by molar-refractivity contribution is 0.104. The van der Waals surface area contributed by atoms with Gasteiger partial charge in [-0.15, -0.1) is 0 Å². The van der Waals surface area contributed by atoms with Crippen molar-refractivity contribution >= 4 is 11.8 Å². The van der Waals surface area contributed by atoms with Gasteiger partial charge in [0.1, 0.15) is 0 Å². The second-order valence-electron chi connectivity index (χ2n) is 6.26. The maximum Gasteiger partial charge on any atom is 0.0114 e. The first-order valence-corrected chi connectivity index (χ1v) is 9.12. The van der Waals surface area contributed by atoms with Crippen LogP contribution in [-0.4, -0.2) is 48.1 Å². The van der Waals surface area contributed by atoms with E-state index in [1.165, 1.54) is 50.9 Å². The molecule has 2 aliphatic rings. The molecule has 2 nitrogen and oxygen atoms in total. The van der Waals surface area contributed by atoms with Crippen LogP contribution >= 0.6 is 11.8 Å². The molecule has 3 heteroatoms. The molecule has 2 rings (SSSR count). The van der Waals surface area contributed by atoms with E-state index in [2.05, 4.69) is 30.3 Å². The molecule has 2 saturated heterocycles. The van der Waals surface area contributed by atoms with Crippen LogP contribution in [0.4, 0.5) is 0 Å². The zero-order chi connectivity index (χ0) is 13.0. The molecular weight excluding hydrogens is 240 g/mol. The normalized spacial score (nSPS) is 33.8. The van der Waals surface area contributed by atoms with E-state index in [9.17, 15) is 0 Å². The lowest BCUT2D eigenvalue weighted by Crippen LogP contribution is -2.50. The van der Waals surface area contributed by atoms with Crippen LogP contribution in [0.3, 0.4) is 0 Å². The van der Waals surface area contributed by atoms with Gasteiger partial charge >= 0.3 is 0 Å². The number of fused-ring (bicyclic) bond motifs is 2. The van der Waals surface area contributed by atoms with Crippen molar-refractivity contribution in [2.75, 3.05) is 25.1 Å². The topological polar surface area (TPSA) is 15.3 Å². The minimum atomic E-state index is 0.801. The highest BCUT2D eigenvalue weighted by Crippen LogP contribution is 2.36. The summed E-state index contributed by atoms with van der Waals surface area (Å²) in [7, 11) is 0. The first-order chi connectivity index (χ1) is 8.74. The second kappa shape index (κ2) is 7.16. The van der Waals surface area contributed by atoms with Crippen molar-refractivity contribution in [3.05, 3.63) is 0 Å². The molecule has 18 heavy (non-hydrogen) atoms. The molecule has 2 aliphatic heterocycles. The molecule has 0 amide bonds. The van der Waals surface area contributed by atoms with Gasteiger partial charge in [0.2, 0.25) is 0 Å². The number of piperidine rings is 1. The molecule has 0 aromatic rings. The van der Waals surface area contributed by atoms with Gasteiger partial charge in [0.05, 0.1) is 0 Å². The van der Waals surface area contributed by atoms with Crippen molar-refractivity contribution in [3.8, 4) is 0 Å². The minimum absolute atomic E-state index is 0.801. The van der Waals surface area contributed by atoms with Crippen LogP contribution in [0.2, 0.25) is 0 Å². The molecule has 2 fully saturated rings. The van der Waals surface area contributed by atoms with Crippen LogP contribution in [0.5, 0.6) is 0 Å². The van der Waals surface area contributed by atoms with Crippen molar-refractivity contribution in [3.63, 3.8) is 0 Å². The quantitative estimate of drug-likeness (QED) is 0.765. The van der Waals surface area contributed by atoms with Crippen molar-refractivity contribution in [2.24, 2.45) is 5.92 Å². The highest BCUT2D eigenvalue weighted by Gasteiger charge is 2.40. The number of nitrogens with zero attached hydrogens (tertiary/aromatic N) is 1. The zero-order valence-electron chi connectivity index (χ0n) is 12.3. The van der Waals surface area contributed by atoms with E-state index >= 15 is 0 Å². The molecule has 0 saturated carbocycles. The van der Waals surface area contributed by atoms with Crippen LogP contribution in [0.1, 0.15) is 46.0 Å². The van der Waals surface area contributed by atoms with Gasteiger partial charge in [0.15, 0.2) is 0 Å². The fourth-order valence-electron chi connectivity index (χ4n) is 3.78. The predicted octanol–water partition coefficient (Wildman–Crippen LogP) is 2.98. The van der Waals surface area contributed by atoms with Crippen LogP contribution in [0.25, 0.3) is 0 Å². The Balaban J connectivity index is 1.82. The number of rotatable bonds is 7. The maximum atomic E-state index is 3.74. The van der Waals surface area contributed by atoms with Gasteiger partial charge < -0.3 is 5.32 Å². The average Bonchev–Trinajstić information content (AvgIpc) is 2.60. The lowest BCUT2D eigenvalue weighted by Gasteiger charge is -2.40. The van der Waals surface area contributed by atoms with Gasteiger partial charge in [-0.2, -0.15) is 11.8 Å². The van der Waals surface area contributed by atoms with Crippen LogP contribution in [0, 0.1) is 5.92 Å². The van der Waals surface area contributed by atoms with E-state index in [1.807, 2.05) is 11.8 Å². The molecule has 0 spiro atoms. The molecule has 0 aromatic heterocycles. The number of hydrogen-bond donors (Lipinski definition) is 1. The smallest absolute Gasteiger partial charge is 0.0114 e. The monoisotopic (exact) mass is 270 g/mol. The van der Waals surface area contributed by atoms with E-state index in [0.717, 1.165) is 24.0 Å². The Morgan fingerprint density at radius 3 is 2.50 bits per heavy atom. The van der Waals surface area contributed by atoms with Crippen LogP contribution in [0.15, 0.2) is 0 Å². The summed E-state index contributed by atoms with van der Waals surface area (Å²) in [5.74, 6) is 2.16. The zero-order valence-corrected chi connectivity index (χ0v) is 13.1. The highest BCUT2D eigenvalue weighted by molar-refractivity contribution is 7.98. The minimum Gasteiger partial charge on any atom is -0.314 e. The summed E-state index contributed by atoms with van der Waals surface area (Å²) in [6, 6.07) is 2.55. The van der Waals surface area contributed by atoms with Gasteiger partial charge in [-0.05, 0) is 56.6 Å². The first-order valence-electron chi connectivity index (χ1n) is 7.72. The summed E-state index contributed by atoms with van der Waals surface area (Å²) < 4.78 is 0. The van der Waals surface area contributed by atoms with Gasteiger partial charge in [0, 0.05) is 24.7 Å². The fraction of sp³-hybridized carbons (Fsp3) is 1.00. The third-order valence-corrected chi connectivity index (χ3v) is 5.44. The van der Waals surface area contributed by atoms with Crippen LogP contribution < -0.4 is 5.32 Å². The van der Waals surface area contributed by atoms with E-state index in [-0.39, 0.29) is 0 Å². The number of nitrogens with one attached hydrogen (secondary N) is 1. The van der Waals surface area contributed by atoms with E-state index in [0.29, 0.717) is 0 Å². The molecule has 1 N–H and O–H groups in total. The average molecular weight is 270 g/mol. The number of thioether (sulfide) groups is 1. The van der Waals surface area contributed by atoms with Crippen LogP contribution in [-0.2, 0) is 0 Å². The molecule has 3 unspecified atom stereocenters. The Morgan fingerprint density at radius 1 is 1.28 bits per heavy atom. The standard InChI is InChI=1S/C15H30N2S/c1-4-7-16-13-8-14-5-6-15(9-13)17(14)10-12(2)11-18-3/h12-16H,4-11H2,1-3H3. The SMILES string of the molecule is CCCNC1CC2CCC(C1)N2CC(C)CSC. The summed E-state index contributed by atoms with van der Waals surface area (Å²) in [4.78, 5) is 2.84. The molecule has 106 valence electrons. The number of hydrogen-bond acceptors (Lipinski definition) is 3. The van der Waals surface area contributed by atoms with Gasteiger partial charge in [0.25, 0.3) is 0 Å². The van der Waals surface area contributed by atoms with Crippen molar-refractivity contribution in [2.45, 2.75) is 64.1 Å².